The molecule has 1 aromatic carbocycles. The van der Waals surface area contributed by atoms with Crippen LogP contribution in [0.3, 0.4) is 0 Å². The summed E-state index contributed by atoms with van der Waals surface area (Å²) in [6.45, 7) is 0. The zero-order valence-electron chi connectivity index (χ0n) is 12.1. The molecule has 0 radical (unpaired) electrons. The quantitative estimate of drug-likeness (QED) is 0.338. The van der Waals surface area contributed by atoms with Crippen molar-refractivity contribution >= 4 is 28.9 Å². The molecule has 2 N–H and O–H groups in total. The fourth-order valence-electron chi connectivity index (χ4n) is 2.58. The third kappa shape index (κ3) is 2.18. The van der Waals surface area contributed by atoms with Gasteiger partial charge in [-0.3, -0.25) is 19.8 Å². The van der Waals surface area contributed by atoms with Crippen LogP contribution in [0.2, 0.25) is 0 Å². The SMILES string of the molecule is O=[N+]([O-])c1ccc(-n2c(-c3c[nH]c4ncccc34)n[nH]c2=S)cc1. The third-order valence-electron chi connectivity index (χ3n) is 3.68. The molecule has 4 aromatic rings. The summed E-state index contributed by atoms with van der Waals surface area (Å²) in [6.07, 6.45) is 3.51. The van der Waals surface area contributed by atoms with Gasteiger partial charge < -0.3 is 4.98 Å². The second-order valence-electron chi connectivity index (χ2n) is 5.06. The number of nitro benzene ring substituents is 1. The van der Waals surface area contributed by atoms with Crippen molar-refractivity contribution < 1.29 is 4.92 Å². The van der Waals surface area contributed by atoms with Gasteiger partial charge in [-0.25, -0.2) is 4.98 Å². The van der Waals surface area contributed by atoms with E-state index in [0.29, 0.717) is 16.3 Å². The van der Waals surface area contributed by atoms with Gasteiger partial charge in [0.05, 0.1) is 10.6 Å². The Labute approximate surface area is 139 Å². The molecule has 0 fully saturated rings. The van der Waals surface area contributed by atoms with Crippen LogP contribution < -0.4 is 0 Å². The number of benzene rings is 1. The highest BCUT2D eigenvalue weighted by atomic mass is 32.1. The molecule has 8 nitrogen and oxygen atoms in total. The number of aromatic amines is 2. The van der Waals surface area contributed by atoms with E-state index < -0.39 is 4.92 Å². The minimum atomic E-state index is -0.440. The highest BCUT2D eigenvalue weighted by Gasteiger charge is 2.16. The summed E-state index contributed by atoms with van der Waals surface area (Å²) < 4.78 is 2.13. The second kappa shape index (κ2) is 5.39. The molecule has 0 saturated heterocycles. The monoisotopic (exact) mass is 338 g/mol. The number of nitro groups is 1. The van der Waals surface area contributed by atoms with E-state index in [-0.39, 0.29) is 5.69 Å². The van der Waals surface area contributed by atoms with Crippen molar-refractivity contribution in [3.05, 3.63) is 63.7 Å². The van der Waals surface area contributed by atoms with Gasteiger partial charge >= 0.3 is 0 Å². The summed E-state index contributed by atoms with van der Waals surface area (Å²) in [5.74, 6) is 0.605. The van der Waals surface area contributed by atoms with Gasteiger partial charge in [0.1, 0.15) is 5.65 Å². The Morgan fingerprint density at radius 1 is 1.21 bits per heavy atom. The van der Waals surface area contributed by atoms with E-state index in [0.717, 1.165) is 16.6 Å². The number of fused-ring (bicyclic) bond motifs is 1. The molecule has 24 heavy (non-hydrogen) atoms. The Morgan fingerprint density at radius 2 is 2.00 bits per heavy atom. The number of aromatic nitrogens is 5. The number of hydrogen-bond donors (Lipinski definition) is 2. The van der Waals surface area contributed by atoms with E-state index in [9.17, 15) is 10.1 Å². The number of hydrogen-bond acceptors (Lipinski definition) is 5. The highest BCUT2D eigenvalue weighted by Crippen LogP contribution is 2.28. The Bertz CT molecular complexity index is 1110. The van der Waals surface area contributed by atoms with Gasteiger partial charge in [0.15, 0.2) is 10.6 Å². The minimum absolute atomic E-state index is 0.0200. The third-order valence-corrected chi connectivity index (χ3v) is 3.96. The molecule has 0 aliphatic heterocycles. The van der Waals surface area contributed by atoms with Gasteiger partial charge in [0, 0.05) is 35.5 Å². The first-order valence-electron chi connectivity index (χ1n) is 7.00. The predicted molar refractivity (Wildman–Crippen MR) is 90.5 cm³/mol. The van der Waals surface area contributed by atoms with Crippen molar-refractivity contribution in [3.8, 4) is 17.1 Å². The number of non-ortho nitro benzene ring substituents is 1. The van der Waals surface area contributed by atoms with Gasteiger partial charge in [-0.2, -0.15) is 5.10 Å². The molecular formula is C15H10N6O2S. The molecular weight excluding hydrogens is 328 g/mol. The summed E-state index contributed by atoms with van der Waals surface area (Å²) in [6, 6.07) is 9.93. The normalized spacial score (nSPS) is 11.0. The van der Waals surface area contributed by atoms with Crippen molar-refractivity contribution in [2.24, 2.45) is 0 Å². The van der Waals surface area contributed by atoms with Crippen molar-refractivity contribution in [1.82, 2.24) is 24.7 Å². The lowest BCUT2D eigenvalue weighted by molar-refractivity contribution is -0.384. The zero-order valence-corrected chi connectivity index (χ0v) is 12.9. The first-order chi connectivity index (χ1) is 11.6. The van der Waals surface area contributed by atoms with Crippen LogP contribution >= 0.6 is 12.2 Å². The molecule has 3 aromatic heterocycles. The first kappa shape index (κ1) is 14.3. The van der Waals surface area contributed by atoms with Crippen LogP contribution in [-0.2, 0) is 0 Å². The maximum absolute atomic E-state index is 10.8. The molecule has 0 amide bonds. The van der Waals surface area contributed by atoms with Crippen LogP contribution in [0, 0.1) is 14.9 Å². The van der Waals surface area contributed by atoms with E-state index in [4.69, 9.17) is 12.2 Å². The first-order valence-corrected chi connectivity index (χ1v) is 7.41. The lowest BCUT2D eigenvalue weighted by Crippen LogP contribution is -1.98. The second-order valence-corrected chi connectivity index (χ2v) is 5.45. The molecule has 0 aliphatic carbocycles. The Balaban J connectivity index is 1.91. The largest absolute Gasteiger partial charge is 0.345 e. The molecule has 9 heteroatoms. The van der Waals surface area contributed by atoms with Gasteiger partial charge in [-0.05, 0) is 36.5 Å². The Hall–Kier alpha value is -3.33. The highest BCUT2D eigenvalue weighted by molar-refractivity contribution is 7.71. The van der Waals surface area contributed by atoms with Gasteiger partial charge in [0.25, 0.3) is 5.69 Å². The van der Waals surface area contributed by atoms with Gasteiger partial charge in [-0.1, -0.05) is 0 Å². The maximum Gasteiger partial charge on any atom is 0.269 e. The average molecular weight is 338 g/mol. The van der Waals surface area contributed by atoms with Crippen LogP contribution in [0.15, 0.2) is 48.8 Å². The van der Waals surface area contributed by atoms with Crippen molar-refractivity contribution in [3.63, 3.8) is 0 Å². The van der Waals surface area contributed by atoms with Gasteiger partial charge in [-0.15, -0.1) is 0 Å². The number of rotatable bonds is 3. The van der Waals surface area contributed by atoms with Crippen molar-refractivity contribution in [1.29, 1.82) is 0 Å². The van der Waals surface area contributed by atoms with E-state index in [2.05, 4.69) is 20.2 Å². The zero-order chi connectivity index (χ0) is 16.7. The van der Waals surface area contributed by atoms with E-state index >= 15 is 0 Å². The Morgan fingerprint density at radius 3 is 2.75 bits per heavy atom. The molecule has 3 heterocycles. The average Bonchev–Trinajstić information content (AvgIpc) is 3.18. The number of pyridine rings is 1. The van der Waals surface area contributed by atoms with Crippen molar-refractivity contribution in [2.45, 2.75) is 0 Å². The molecule has 0 bridgehead atoms. The number of nitrogens with one attached hydrogen (secondary N) is 2. The summed E-state index contributed by atoms with van der Waals surface area (Å²) >= 11 is 5.32. The van der Waals surface area contributed by atoms with Crippen molar-refractivity contribution in [2.75, 3.05) is 0 Å². The molecule has 0 saturated carbocycles. The van der Waals surface area contributed by atoms with Crippen LogP contribution in [-0.4, -0.2) is 29.7 Å². The lowest BCUT2D eigenvalue weighted by atomic mass is 10.2. The van der Waals surface area contributed by atoms with Crippen LogP contribution in [0.5, 0.6) is 0 Å². The smallest absolute Gasteiger partial charge is 0.269 e. The minimum Gasteiger partial charge on any atom is -0.345 e. The topological polar surface area (TPSA) is 105 Å². The molecule has 0 atom stereocenters. The summed E-state index contributed by atoms with van der Waals surface area (Å²) in [5, 5.41) is 18.8. The molecule has 4 rings (SSSR count). The predicted octanol–water partition coefficient (Wildman–Crippen LogP) is 3.38. The number of H-pyrrole nitrogens is 2. The molecule has 0 spiro atoms. The van der Waals surface area contributed by atoms with E-state index in [1.807, 2.05) is 18.3 Å². The standard InChI is InChI=1S/C15H10N6O2S/c22-21(23)10-5-3-9(4-6-10)20-14(18-19-15(20)24)12-8-17-13-11(12)2-1-7-16-13/h1-8H,(H,16,17)(H,19,24). The molecule has 0 unspecified atom stereocenters. The fraction of sp³-hybridized carbons (Fsp3) is 0. The molecule has 118 valence electrons. The summed E-state index contributed by atoms with van der Waals surface area (Å²) in [5.41, 5.74) is 2.29. The van der Waals surface area contributed by atoms with E-state index in [1.54, 1.807) is 22.9 Å². The summed E-state index contributed by atoms with van der Waals surface area (Å²) in [4.78, 5) is 17.7. The maximum atomic E-state index is 10.8. The fourth-order valence-corrected chi connectivity index (χ4v) is 2.82. The van der Waals surface area contributed by atoms with Crippen LogP contribution in [0.4, 0.5) is 5.69 Å². The lowest BCUT2D eigenvalue weighted by Gasteiger charge is -2.06. The summed E-state index contributed by atoms with van der Waals surface area (Å²) in [7, 11) is 0. The Kier molecular flexibility index (Phi) is 3.21. The van der Waals surface area contributed by atoms with Crippen LogP contribution in [0.25, 0.3) is 28.1 Å². The van der Waals surface area contributed by atoms with Gasteiger partial charge in [0.2, 0.25) is 0 Å². The molecule has 0 aliphatic rings. The van der Waals surface area contributed by atoms with Crippen LogP contribution in [0.1, 0.15) is 0 Å². The number of nitrogens with zero attached hydrogens (tertiary/aromatic N) is 4. The van der Waals surface area contributed by atoms with E-state index in [1.165, 1.54) is 12.1 Å².